The highest BCUT2D eigenvalue weighted by Crippen LogP contribution is 1.57. The summed E-state index contributed by atoms with van der Waals surface area (Å²) in [5, 5.41) is 0. The molecule has 0 aromatic heterocycles. The third-order valence-electron chi connectivity index (χ3n) is 0.0556. The van der Waals surface area contributed by atoms with Crippen molar-refractivity contribution in [3.8, 4) is 0 Å². The Hall–Kier alpha value is -0.790. The molecular weight excluding hydrogens is 152 g/mol. The number of carbonyl (C=O) groups is 2. The number of hydrogen-bond donors (Lipinski definition) is 0. The van der Waals surface area contributed by atoms with Gasteiger partial charge in [-0.15, -0.1) is 0 Å². The SMILES string of the molecule is O=CC=O.O=S(=O)([O-])[O-]. The molecule has 0 N–H and O–H groups in total. The molecule has 0 radical (unpaired) electrons. The zero-order valence-electron chi connectivity index (χ0n) is 4.01. The molecule has 0 spiro atoms. The maximum absolute atomic E-state index is 8.81. The number of aldehydes is 2. The minimum Gasteiger partial charge on any atom is -0.759 e. The van der Waals surface area contributed by atoms with Gasteiger partial charge in [0.2, 0.25) is 0 Å². The van der Waals surface area contributed by atoms with E-state index in [0.717, 1.165) is 0 Å². The molecule has 0 heterocycles. The fourth-order valence-corrected chi connectivity index (χ4v) is 0. The lowest BCUT2D eigenvalue weighted by atomic mass is 10.9. The summed E-state index contributed by atoms with van der Waals surface area (Å²) in [6, 6.07) is 0. The largest absolute Gasteiger partial charge is 0.759 e. The van der Waals surface area contributed by atoms with Gasteiger partial charge in [-0.1, -0.05) is 0 Å². The van der Waals surface area contributed by atoms with Crippen LogP contribution in [-0.2, 0) is 20.0 Å². The minimum atomic E-state index is -5.17. The lowest BCUT2D eigenvalue weighted by Crippen LogP contribution is -1.91. The molecule has 0 aliphatic heterocycles. The molecule has 0 atom stereocenters. The molecule has 6 nitrogen and oxygen atoms in total. The number of hydrogen-bond acceptors (Lipinski definition) is 6. The Morgan fingerprint density at radius 3 is 1.11 bits per heavy atom. The zero-order valence-corrected chi connectivity index (χ0v) is 4.83. The summed E-state index contributed by atoms with van der Waals surface area (Å²) in [6.07, 6.45) is 0.389. The second-order valence-electron chi connectivity index (χ2n) is 0.680. The second-order valence-corrected chi connectivity index (χ2v) is 1.50. The van der Waals surface area contributed by atoms with Crippen LogP contribution in [0, 0.1) is 0 Å². The van der Waals surface area contributed by atoms with Gasteiger partial charge in [-0.25, -0.2) is 0 Å². The Kier molecular flexibility index (Phi) is 6.58. The first-order valence-corrected chi connectivity index (χ1v) is 2.80. The standard InChI is InChI=1S/C2H2O2.H2O4S/c3-1-2-4;1-5(2,3)4/h1-2H;(H2,1,2,3,4)/p-2. The normalized spacial score (nSPS) is 8.67. The van der Waals surface area contributed by atoms with E-state index in [1.807, 2.05) is 0 Å². The van der Waals surface area contributed by atoms with Gasteiger partial charge in [-0.2, -0.15) is 0 Å². The van der Waals surface area contributed by atoms with Crippen molar-refractivity contribution < 1.29 is 27.1 Å². The highest BCUT2D eigenvalue weighted by Gasteiger charge is 1.49. The molecule has 0 amide bonds. The van der Waals surface area contributed by atoms with Crippen LogP contribution in [-0.4, -0.2) is 30.1 Å². The summed E-state index contributed by atoms with van der Waals surface area (Å²) in [6.45, 7) is 0. The summed E-state index contributed by atoms with van der Waals surface area (Å²) < 4.78 is 34.1. The Morgan fingerprint density at radius 1 is 1.00 bits per heavy atom. The number of rotatable bonds is 1. The van der Waals surface area contributed by atoms with Crippen molar-refractivity contribution in [3.63, 3.8) is 0 Å². The van der Waals surface area contributed by atoms with Crippen molar-refractivity contribution in [2.24, 2.45) is 0 Å². The van der Waals surface area contributed by atoms with Crippen LogP contribution in [0.25, 0.3) is 0 Å². The van der Waals surface area contributed by atoms with E-state index in [1.54, 1.807) is 0 Å². The Morgan fingerprint density at radius 2 is 1.11 bits per heavy atom. The van der Waals surface area contributed by atoms with Gasteiger partial charge in [-0.05, 0) is 0 Å². The van der Waals surface area contributed by atoms with Crippen LogP contribution in [0.3, 0.4) is 0 Å². The predicted molar refractivity (Wildman–Crippen MR) is 22.6 cm³/mol. The molecule has 0 aliphatic carbocycles. The topological polar surface area (TPSA) is 114 Å². The molecule has 0 saturated heterocycles. The van der Waals surface area contributed by atoms with Gasteiger partial charge < -0.3 is 9.11 Å². The van der Waals surface area contributed by atoms with Crippen molar-refractivity contribution in [3.05, 3.63) is 0 Å². The van der Waals surface area contributed by atoms with Gasteiger partial charge in [0.1, 0.15) is 0 Å². The van der Waals surface area contributed by atoms with E-state index in [4.69, 9.17) is 27.1 Å². The Balaban J connectivity index is 0. The molecule has 9 heavy (non-hydrogen) atoms. The molecule has 0 aliphatic rings. The molecule has 54 valence electrons. The van der Waals surface area contributed by atoms with E-state index in [2.05, 4.69) is 0 Å². The van der Waals surface area contributed by atoms with Gasteiger partial charge in [0.15, 0.2) is 12.6 Å². The first-order valence-electron chi connectivity index (χ1n) is 1.47. The molecule has 0 fully saturated rings. The molecule has 0 aromatic carbocycles. The van der Waals surface area contributed by atoms with Crippen molar-refractivity contribution in [1.82, 2.24) is 0 Å². The highest BCUT2D eigenvalue weighted by atomic mass is 32.3. The summed E-state index contributed by atoms with van der Waals surface area (Å²) in [5.74, 6) is 0. The summed E-state index contributed by atoms with van der Waals surface area (Å²) in [5.41, 5.74) is 0. The van der Waals surface area contributed by atoms with E-state index >= 15 is 0 Å². The maximum Gasteiger partial charge on any atom is 0.182 e. The fourth-order valence-electron chi connectivity index (χ4n) is 0. The van der Waals surface area contributed by atoms with E-state index in [9.17, 15) is 0 Å². The lowest BCUT2D eigenvalue weighted by molar-refractivity contribution is -0.122. The van der Waals surface area contributed by atoms with Crippen LogP contribution < -0.4 is 0 Å². The first kappa shape index (κ1) is 11.1. The maximum atomic E-state index is 8.81. The predicted octanol–water partition coefficient (Wildman–Crippen LogP) is -1.95. The molecule has 0 saturated carbocycles. The smallest absolute Gasteiger partial charge is 0.182 e. The van der Waals surface area contributed by atoms with Crippen LogP contribution in [0.2, 0.25) is 0 Å². The molecule has 0 rings (SSSR count). The molecular formula is C2H2O6S-2. The fraction of sp³-hybridized carbons (Fsp3) is 0. The van der Waals surface area contributed by atoms with E-state index < -0.39 is 10.4 Å². The minimum absolute atomic E-state index is 0.194. The summed E-state index contributed by atoms with van der Waals surface area (Å²) in [7, 11) is -5.17. The molecule has 7 heteroatoms. The summed E-state index contributed by atoms with van der Waals surface area (Å²) in [4.78, 5) is 17.6. The Labute approximate surface area is 51.1 Å². The van der Waals surface area contributed by atoms with Gasteiger partial charge in [0, 0.05) is 10.4 Å². The average Bonchev–Trinajstić information content (AvgIpc) is 1.61. The van der Waals surface area contributed by atoms with E-state index in [1.165, 1.54) is 0 Å². The number of carbonyl (C=O) groups excluding carboxylic acids is 2. The first-order chi connectivity index (χ1) is 3.91. The quantitative estimate of drug-likeness (QED) is 0.187. The van der Waals surface area contributed by atoms with Crippen LogP contribution in [0.5, 0.6) is 0 Å². The zero-order chi connectivity index (χ0) is 7.91. The van der Waals surface area contributed by atoms with E-state index in [-0.39, 0.29) is 12.6 Å². The van der Waals surface area contributed by atoms with Crippen LogP contribution >= 0.6 is 0 Å². The average molecular weight is 154 g/mol. The lowest BCUT2D eigenvalue weighted by Gasteiger charge is -2.06. The summed E-state index contributed by atoms with van der Waals surface area (Å²) >= 11 is 0. The van der Waals surface area contributed by atoms with Crippen LogP contribution in [0.1, 0.15) is 0 Å². The van der Waals surface area contributed by atoms with Gasteiger partial charge in [0.25, 0.3) is 0 Å². The van der Waals surface area contributed by atoms with Crippen molar-refractivity contribution in [1.29, 1.82) is 0 Å². The van der Waals surface area contributed by atoms with Crippen LogP contribution in [0.15, 0.2) is 0 Å². The molecule has 0 aromatic rings. The van der Waals surface area contributed by atoms with Gasteiger partial charge in [0.05, 0.1) is 0 Å². The monoisotopic (exact) mass is 154 g/mol. The third kappa shape index (κ3) is 4440. The van der Waals surface area contributed by atoms with Crippen molar-refractivity contribution >= 4 is 23.0 Å². The van der Waals surface area contributed by atoms with Gasteiger partial charge in [-0.3, -0.25) is 18.0 Å². The van der Waals surface area contributed by atoms with E-state index in [0.29, 0.717) is 0 Å². The molecule has 0 bridgehead atoms. The van der Waals surface area contributed by atoms with Crippen LogP contribution in [0.4, 0.5) is 0 Å². The highest BCUT2D eigenvalue weighted by molar-refractivity contribution is 7.79. The van der Waals surface area contributed by atoms with Gasteiger partial charge >= 0.3 is 0 Å². The van der Waals surface area contributed by atoms with Crippen molar-refractivity contribution in [2.45, 2.75) is 0 Å². The second kappa shape index (κ2) is 5.35. The third-order valence-corrected chi connectivity index (χ3v) is 0.0556. The molecule has 0 unspecified atom stereocenters. The Bertz CT molecular complexity index is 151. The van der Waals surface area contributed by atoms with Crippen molar-refractivity contribution in [2.75, 3.05) is 0 Å².